The van der Waals surface area contributed by atoms with Gasteiger partial charge in [0.25, 0.3) is 11.8 Å². The quantitative estimate of drug-likeness (QED) is 0.265. The SMILES string of the molecule is COC(=N)c1ccc(C=Cc2ccc(CN3C(=O)c4ccccc4C3=O)cc2)cc1.Cl. The molecular weight excluding hydrogens is 412 g/mol. The molecule has 2 amide bonds. The third kappa shape index (κ3) is 4.57. The van der Waals surface area contributed by atoms with Gasteiger partial charge in [-0.2, -0.15) is 0 Å². The van der Waals surface area contributed by atoms with Gasteiger partial charge in [-0.05, 0) is 41.0 Å². The molecule has 6 heteroatoms. The molecule has 0 saturated carbocycles. The lowest BCUT2D eigenvalue weighted by molar-refractivity contribution is 0.0642. The van der Waals surface area contributed by atoms with Crippen molar-refractivity contribution in [2.45, 2.75) is 6.54 Å². The van der Waals surface area contributed by atoms with Gasteiger partial charge in [0.05, 0.1) is 24.8 Å². The van der Waals surface area contributed by atoms with Crippen LogP contribution in [0.1, 0.15) is 43.0 Å². The summed E-state index contributed by atoms with van der Waals surface area (Å²) in [5, 5.41) is 7.66. The molecule has 3 aromatic carbocycles. The summed E-state index contributed by atoms with van der Waals surface area (Å²) in [5.41, 5.74) is 4.58. The van der Waals surface area contributed by atoms with Gasteiger partial charge >= 0.3 is 0 Å². The number of imide groups is 1. The topological polar surface area (TPSA) is 70.5 Å². The molecule has 4 rings (SSSR count). The summed E-state index contributed by atoms with van der Waals surface area (Å²) < 4.78 is 4.92. The lowest BCUT2D eigenvalue weighted by Gasteiger charge is -2.13. The largest absolute Gasteiger partial charge is 0.481 e. The Kier molecular flexibility index (Phi) is 6.68. The number of nitrogens with one attached hydrogen (secondary N) is 1. The van der Waals surface area contributed by atoms with Crippen molar-refractivity contribution < 1.29 is 14.3 Å². The smallest absolute Gasteiger partial charge is 0.261 e. The van der Waals surface area contributed by atoms with E-state index >= 15 is 0 Å². The van der Waals surface area contributed by atoms with Crippen LogP contribution in [0.3, 0.4) is 0 Å². The molecule has 1 aliphatic heterocycles. The first-order chi connectivity index (χ1) is 14.6. The third-order valence-electron chi connectivity index (χ3n) is 5.04. The van der Waals surface area contributed by atoms with Crippen molar-refractivity contribution in [1.82, 2.24) is 4.90 Å². The maximum Gasteiger partial charge on any atom is 0.261 e. The van der Waals surface area contributed by atoms with E-state index in [1.54, 1.807) is 24.3 Å². The normalized spacial score (nSPS) is 12.6. The molecule has 0 radical (unpaired) electrons. The van der Waals surface area contributed by atoms with Gasteiger partial charge in [-0.15, -0.1) is 12.4 Å². The van der Waals surface area contributed by atoms with E-state index in [0.29, 0.717) is 11.1 Å². The molecule has 0 aliphatic carbocycles. The number of ether oxygens (including phenoxy) is 1. The minimum Gasteiger partial charge on any atom is -0.481 e. The van der Waals surface area contributed by atoms with E-state index < -0.39 is 0 Å². The van der Waals surface area contributed by atoms with E-state index in [4.69, 9.17) is 10.1 Å². The van der Waals surface area contributed by atoms with E-state index in [-0.39, 0.29) is 36.7 Å². The van der Waals surface area contributed by atoms with Crippen molar-refractivity contribution in [2.24, 2.45) is 0 Å². The molecular formula is C25H21ClN2O3. The van der Waals surface area contributed by atoms with Gasteiger partial charge in [-0.3, -0.25) is 19.9 Å². The highest BCUT2D eigenvalue weighted by atomic mass is 35.5. The predicted molar refractivity (Wildman–Crippen MR) is 124 cm³/mol. The van der Waals surface area contributed by atoms with Crippen LogP contribution in [0.2, 0.25) is 0 Å². The van der Waals surface area contributed by atoms with Gasteiger partial charge in [0.1, 0.15) is 0 Å². The highest BCUT2D eigenvalue weighted by Crippen LogP contribution is 2.24. The fourth-order valence-electron chi connectivity index (χ4n) is 3.36. The molecule has 5 nitrogen and oxygen atoms in total. The second-order valence-corrected chi connectivity index (χ2v) is 6.97. The zero-order chi connectivity index (χ0) is 21.1. The summed E-state index contributed by atoms with van der Waals surface area (Å²) in [6.45, 7) is 0.253. The van der Waals surface area contributed by atoms with Gasteiger partial charge in [-0.1, -0.05) is 60.7 Å². The number of benzene rings is 3. The first-order valence-electron chi connectivity index (χ1n) is 9.52. The number of hydrogen-bond donors (Lipinski definition) is 1. The van der Waals surface area contributed by atoms with Crippen LogP contribution < -0.4 is 0 Å². The second kappa shape index (κ2) is 9.41. The molecule has 1 aliphatic rings. The minimum absolute atomic E-state index is 0. The minimum atomic E-state index is -0.246. The third-order valence-corrected chi connectivity index (χ3v) is 5.04. The first-order valence-corrected chi connectivity index (χ1v) is 9.52. The van der Waals surface area contributed by atoms with Crippen molar-refractivity contribution >= 4 is 42.3 Å². The van der Waals surface area contributed by atoms with Crippen LogP contribution in [0.15, 0.2) is 72.8 Å². The van der Waals surface area contributed by atoms with E-state index in [1.165, 1.54) is 12.0 Å². The molecule has 31 heavy (non-hydrogen) atoms. The van der Waals surface area contributed by atoms with Gasteiger partial charge in [0.2, 0.25) is 5.90 Å². The molecule has 0 unspecified atom stereocenters. The Bertz CT molecular complexity index is 1120. The van der Waals surface area contributed by atoms with Gasteiger partial charge in [-0.25, -0.2) is 0 Å². The zero-order valence-corrected chi connectivity index (χ0v) is 17.7. The van der Waals surface area contributed by atoms with Crippen molar-refractivity contribution in [3.63, 3.8) is 0 Å². The van der Waals surface area contributed by atoms with Crippen molar-refractivity contribution in [3.05, 3.63) is 106 Å². The Morgan fingerprint density at radius 3 is 1.81 bits per heavy atom. The van der Waals surface area contributed by atoms with Crippen molar-refractivity contribution in [2.75, 3.05) is 7.11 Å². The maximum atomic E-state index is 12.5. The fourth-order valence-corrected chi connectivity index (χ4v) is 3.36. The number of halogens is 1. The van der Waals surface area contributed by atoms with Gasteiger partial charge in [0.15, 0.2) is 0 Å². The molecule has 1 heterocycles. The number of carbonyl (C=O) groups is 2. The van der Waals surface area contributed by atoms with Crippen LogP contribution in [0, 0.1) is 5.41 Å². The van der Waals surface area contributed by atoms with Crippen LogP contribution in [0.4, 0.5) is 0 Å². The molecule has 3 aromatic rings. The summed E-state index contributed by atoms with van der Waals surface area (Å²) in [5.74, 6) is -0.353. The molecule has 1 N–H and O–H groups in total. The summed E-state index contributed by atoms with van der Waals surface area (Å²) in [4.78, 5) is 26.3. The van der Waals surface area contributed by atoms with Crippen LogP contribution >= 0.6 is 12.4 Å². The molecule has 0 fully saturated rings. The Morgan fingerprint density at radius 1 is 0.839 bits per heavy atom. The van der Waals surface area contributed by atoms with Crippen molar-refractivity contribution in [3.8, 4) is 0 Å². The molecule has 0 atom stereocenters. The number of rotatable bonds is 5. The van der Waals surface area contributed by atoms with E-state index in [0.717, 1.165) is 22.3 Å². The summed E-state index contributed by atoms with van der Waals surface area (Å²) >= 11 is 0. The molecule has 0 bridgehead atoms. The lowest BCUT2D eigenvalue weighted by atomic mass is 10.1. The average molecular weight is 433 g/mol. The highest BCUT2D eigenvalue weighted by Gasteiger charge is 2.34. The van der Waals surface area contributed by atoms with Crippen molar-refractivity contribution in [1.29, 1.82) is 5.41 Å². The lowest BCUT2D eigenvalue weighted by Crippen LogP contribution is -2.29. The number of methoxy groups -OCH3 is 1. The molecule has 0 saturated heterocycles. The van der Waals surface area contributed by atoms with Crippen LogP contribution in [0.25, 0.3) is 12.2 Å². The number of amides is 2. The number of carbonyl (C=O) groups excluding carboxylic acids is 2. The Hall–Kier alpha value is -3.70. The maximum absolute atomic E-state index is 12.5. The van der Waals surface area contributed by atoms with Gasteiger partial charge < -0.3 is 4.74 Å². The number of nitrogens with zero attached hydrogens (tertiary/aromatic N) is 1. The standard InChI is InChI=1S/C25H20N2O3.ClH/c1-30-23(26)20-14-12-18(13-15-20)7-6-17-8-10-19(11-9-17)16-27-24(28)21-4-2-3-5-22(21)25(27)29;/h2-15,26H,16H2,1H3;1H. The Morgan fingerprint density at radius 2 is 1.32 bits per heavy atom. The fraction of sp³-hybridized carbons (Fsp3) is 0.0800. The second-order valence-electron chi connectivity index (χ2n) is 6.97. The van der Waals surface area contributed by atoms with Crippen LogP contribution in [0.5, 0.6) is 0 Å². The molecule has 0 aromatic heterocycles. The Balaban J connectivity index is 0.00000272. The number of hydrogen-bond acceptors (Lipinski definition) is 4. The van der Waals surface area contributed by atoms with Crippen LogP contribution in [-0.4, -0.2) is 29.7 Å². The summed E-state index contributed by atoms with van der Waals surface area (Å²) in [6, 6.07) is 22.2. The summed E-state index contributed by atoms with van der Waals surface area (Å²) in [7, 11) is 1.48. The molecule has 0 spiro atoms. The molecule has 156 valence electrons. The predicted octanol–water partition coefficient (Wildman–Crippen LogP) is 5.05. The summed E-state index contributed by atoms with van der Waals surface area (Å²) in [6.07, 6.45) is 3.97. The Labute approximate surface area is 186 Å². The van der Waals surface area contributed by atoms with Crippen LogP contribution in [-0.2, 0) is 11.3 Å². The monoisotopic (exact) mass is 432 g/mol. The zero-order valence-electron chi connectivity index (χ0n) is 16.9. The average Bonchev–Trinajstić information content (AvgIpc) is 3.03. The number of fused-ring (bicyclic) bond motifs is 1. The van der Waals surface area contributed by atoms with E-state index in [1.807, 2.05) is 60.7 Å². The van der Waals surface area contributed by atoms with Gasteiger partial charge in [0, 0.05) is 5.56 Å². The van der Waals surface area contributed by atoms with E-state index in [9.17, 15) is 9.59 Å². The highest BCUT2D eigenvalue weighted by molar-refractivity contribution is 6.21. The first kappa shape index (κ1) is 22.0. The van der Waals surface area contributed by atoms with E-state index in [2.05, 4.69) is 0 Å².